The lowest BCUT2D eigenvalue weighted by Crippen LogP contribution is -1.90. The van der Waals surface area contributed by atoms with Crippen LogP contribution in [0.1, 0.15) is 11.3 Å². The Labute approximate surface area is 162 Å². The number of methoxy groups -OCH3 is 1. The molecular formula is C24H20N2O2. The summed E-state index contributed by atoms with van der Waals surface area (Å²) in [6.45, 7) is 4.06. The van der Waals surface area contributed by atoms with E-state index in [0.717, 1.165) is 61.6 Å². The third kappa shape index (κ3) is 2.49. The number of aryl methyl sites for hydroxylation is 2. The highest BCUT2D eigenvalue weighted by molar-refractivity contribution is 5.99. The molecule has 4 nitrogen and oxygen atoms in total. The van der Waals surface area contributed by atoms with Crippen LogP contribution in [0.2, 0.25) is 0 Å². The summed E-state index contributed by atoms with van der Waals surface area (Å²) in [5.74, 6) is 2.43. The second-order valence-electron chi connectivity index (χ2n) is 7.00. The summed E-state index contributed by atoms with van der Waals surface area (Å²) in [4.78, 5) is 8.22. The number of hydrogen-bond acceptors (Lipinski definition) is 3. The smallest absolute Gasteiger partial charge is 0.142 e. The minimum absolute atomic E-state index is 0.766. The monoisotopic (exact) mass is 368 g/mol. The number of aromatic nitrogens is 2. The number of aromatic amines is 1. The standard InChI is InChI=1S/C24H20N2O2/c1-14-8-7-11-19-23(14)26-24(25-19)18-13-21-17(12-20(18)27-3)22(15(2)28-21)16-9-5-4-6-10-16/h4-13H,1-3H3,(H,25,26). The molecule has 0 aliphatic rings. The highest BCUT2D eigenvalue weighted by Crippen LogP contribution is 2.40. The zero-order chi connectivity index (χ0) is 19.3. The third-order valence-electron chi connectivity index (χ3n) is 5.22. The molecule has 0 aliphatic carbocycles. The molecule has 2 aromatic heterocycles. The van der Waals surface area contributed by atoms with Gasteiger partial charge >= 0.3 is 0 Å². The van der Waals surface area contributed by atoms with Crippen LogP contribution in [0.3, 0.4) is 0 Å². The van der Waals surface area contributed by atoms with Crippen LogP contribution in [0.15, 0.2) is 65.1 Å². The molecule has 0 radical (unpaired) electrons. The van der Waals surface area contributed by atoms with Gasteiger partial charge in [-0.15, -0.1) is 0 Å². The first-order valence-electron chi connectivity index (χ1n) is 9.28. The maximum atomic E-state index is 6.12. The zero-order valence-electron chi connectivity index (χ0n) is 16.0. The number of nitrogens with zero attached hydrogens (tertiary/aromatic N) is 1. The van der Waals surface area contributed by atoms with Gasteiger partial charge in [0.1, 0.15) is 22.9 Å². The number of H-pyrrole nitrogens is 1. The molecule has 28 heavy (non-hydrogen) atoms. The van der Waals surface area contributed by atoms with Gasteiger partial charge in [0.2, 0.25) is 0 Å². The van der Waals surface area contributed by atoms with Crippen LogP contribution in [-0.4, -0.2) is 17.1 Å². The van der Waals surface area contributed by atoms with E-state index in [-0.39, 0.29) is 0 Å². The van der Waals surface area contributed by atoms with Crippen molar-refractivity contribution in [1.29, 1.82) is 0 Å². The number of nitrogens with one attached hydrogen (secondary N) is 1. The number of furan rings is 1. The lowest BCUT2D eigenvalue weighted by Gasteiger charge is -2.07. The third-order valence-corrected chi connectivity index (χ3v) is 5.22. The summed E-state index contributed by atoms with van der Waals surface area (Å²) in [7, 11) is 1.69. The van der Waals surface area contributed by atoms with Gasteiger partial charge in [0.15, 0.2) is 0 Å². The zero-order valence-corrected chi connectivity index (χ0v) is 16.0. The largest absolute Gasteiger partial charge is 0.496 e. The molecule has 5 rings (SSSR count). The number of hydrogen-bond donors (Lipinski definition) is 1. The van der Waals surface area contributed by atoms with Gasteiger partial charge in [0, 0.05) is 10.9 Å². The molecule has 0 unspecified atom stereocenters. The Morgan fingerprint density at radius 2 is 1.79 bits per heavy atom. The molecule has 0 fully saturated rings. The van der Waals surface area contributed by atoms with Crippen LogP contribution < -0.4 is 4.74 Å². The van der Waals surface area contributed by atoms with Crippen molar-refractivity contribution in [3.05, 3.63) is 72.0 Å². The van der Waals surface area contributed by atoms with Gasteiger partial charge in [0.05, 0.1) is 23.7 Å². The van der Waals surface area contributed by atoms with Gasteiger partial charge in [-0.3, -0.25) is 0 Å². The number of rotatable bonds is 3. The molecule has 4 heteroatoms. The highest BCUT2D eigenvalue weighted by atomic mass is 16.5. The molecule has 3 aromatic carbocycles. The normalized spacial score (nSPS) is 11.4. The molecule has 0 bridgehead atoms. The van der Waals surface area contributed by atoms with Crippen molar-refractivity contribution in [1.82, 2.24) is 9.97 Å². The van der Waals surface area contributed by atoms with Gasteiger partial charge in [-0.1, -0.05) is 42.5 Å². The van der Waals surface area contributed by atoms with E-state index in [9.17, 15) is 0 Å². The van der Waals surface area contributed by atoms with E-state index >= 15 is 0 Å². The Kier molecular flexibility index (Phi) is 3.72. The fraction of sp³-hybridized carbons (Fsp3) is 0.125. The summed E-state index contributed by atoms with van der Waals surface area (Å²) in [5.41, 5.74) is 7.07. The first-order valence-corrected chi connectivity index (χ1v) is 9.28. The van der Waals surface area contributed by atoms with Crippen molar-refractivity contribution >= 4 is 22.0 Å². The molecule has 2 heterocycles. The van der Waals surface area contributed by atoms with Gasteiger partial charge in [-0.05, 0) is 43.2 Å². The molecule has 5 aromatic rings. The van der Waals surface area contributed by atoms with Crippen molar-refractivity contribution in [3.63, 3.8) is 0 Å². The maximum absolute atomic E-state index is 6.12. The van der Waals surface area contributed by atoms with Crippen molar-refractivity contribution < 1.29 is 9.15 Å². The minimum Gasteiger partial charge on any atom is -0.496 e. The fourth-order valence-corrected chi connectivity index (χ4v) is 3.87. The van der Waals surface area contributed by atoms with Gasteiger partial charge in [-0.2, -0.15) is 0 Å². The van der Waals surface area contributed by atoms with E-state index in [2.05, 4.69) is 30.1 Å². The number of fused-ring (bicyclic) bond motifs is 2. The Hall–Kier alpha value is -3.53. The number of ether oxygens (including phenoxy) is 1. The van der Waals surface area contributed by atoms with E-state index in [4.69, 9.17) is 14.1 Å². The van der Waals surface area contributed by atoms with Crippen LogP contribution in [0.5, 0.6) is 5.75 Å². The first-order chi connectivity index (χ1) is 13.7. The predicted molar refractivity (Wildman–Crippen MR) is 113 cm³/mol. The van der Waals surface area contributed by atoms with Crippen LogP contribution in [0.4, 0.5) is 0 Å². The van der Waals surface area contributed by atoms with Crippen LogP contribution >= 0.6 is 0 Å². The Bertz CT molecular complexity index is 1310. The molecule has 0 atom stereocenters. The number of para-hydroxylation sites is 1. The quantitative estimate of drug-likeness (QED) is 0.408. The maximum Gasteiger partial charge on any atom is 0.142 e. The average molecular weight is 368 g/mol. The molecule has 0 amide bonds. The molecule has 1 N–H and O–H groups in total. The van der Waals surface area contributed by atoms with Crippen LogP contribution in [-0.2, 0) is 0 Å². The summed E-state index contributed by atoms with van der Waals surface area (Å²) in [5, 5.41) is 1.04. The van der Waals surface area contributed by atoms with E-state index < -0.39 is 0 Å². The highest BCUT2D eigenvalue weighted by Gasteiger charge is 2.19. The van der Waals surface area contributed by atoms with Crippen molar-refractivity contribution in [3.8, 4) is 28.3 Å². The second kappa shape index (κ2) is 6.27. The van der Waals surface area contributed by atoms with E-state index in [0.29, 0.717) is 0 Å². The van der Waals surface area contributed by atoms with Gasteiger partial charge < -0.3 is 14.1 Å². The second-order valence-corrected chi connectivity index (χ2v) is 7.00. The summed E-state index contributed by atoms with van der Waals surface area (Å²) < 4.78 is 11.8. The molecular weight excluding hydrogens is 348 g/mol. The van der Waals surface area contributed by atoms with E-state index in [1.54, 1.807) is 7.11 Å². The Morgan fingerprint density at radius 1 is 0.964 bits per heavy atom. The molecule has 0 saturated carbocycles. The summed E-state index contributed by atoms with van der Waals surface area (Å²) in [6.07, 6.45) is 0. The van der Waals surface area contributed by atoms with Crippen molar-refractivity contribution in [2.75, 3.05) is 7.11 Å². The topological polar surface area (TPSA) is 51.1 Å². The van der Waals surface area contributed by atoms with Gasteiger partial charge in [-0.25, -0.2) is 4.98 Å². The Balaban J connectivity index is 1.75. The average Bonchev–Trinajstić information content (AvgIpc) is 3.28. The SMILES string of the molecule is COc1cc2c(-c3ccccc3)c(C)oc2cc1-c1nc2c(C)cccc2[nH]1. The first kappa shape index (κ1) is 16.6. The number of benzene rings is 3. The lowest BCUT2D eigenvalue weighted by atomic mass is 10.0. The predicted octanol–water partition coefficient (Wildman–Crippen LogP) is 6.27. The summed E-state index contributed by atoms with van der Waals surface area (Å²) >= 11 is 0. The van der Waals surface area contributed by atoms with E-state index in [1.807, 2.05) is 49.4 Å². The van der Waals surface area contributed by atoms with Crippen LogP contribution in [0, 0.1) is 13.8 Å². The molecule has 0 aliphatic heterocycles. The van der Waals surface area contributed by atoms with Crippen LogP contribution in [0.25, 0.3) is 44.5 Å². The molecule has 138 valence electrons. The minimum atomic E-state index is 0.766. The van der Waals surface area contributed by atoms with E-state index in [1.165, 1.54) is 0 Å². The summed E-state index contributed by atoms with van der Waals surface area (Å²) in [6, 6.07) is 20.5. The van der Waals surface area contributed by atoms with Crippen molar-refractivity contribution in [2.24, 2.45) is 0 Å². The molecule has 0 saturated heterocycles. The fourth-order valence-electron chi connectivity index (χ4n) is 3.87. The number of imidazole rings is 1. The van der Waals surface area contributed by atoms with Crippen molar-refractivity contribution in [2.45, 2.75) is 13.8 Å². The lowest BCUT2D eigenvalue weighted by molar-refractivity contribution is 0.416. The molecule has 0 spiro atoms. The Morgan fingerprint density at radius 3 is 2.54 bits per heavy atom. The van der Waals surface area contributed by atoms with Gasteiger partial charge in [0.25, 0.3) is 0 Å².